The molecule has 0 aromatic heterocycles. The van der Waals surface area contributed by atoms with Crippen LogP contribution in [0.1, 0.15) is 13.8 Å². The summed E-state index contributed by atoms with van der Waals surface area (Å²) < 4.78 is 0. The maximum absolute atomic E-state index is 12.1. The second-order valence-electron chi connectivity index (χ2n) is 9.67. The monoisotopic (exact) mass is 762 g/mol. The summed E-state index contributed by atoms with van der Waals surface area (Å²) in [6, 6.07) is 22.5. The zero-order valence-electron chi connectivity index (χ0n) is 27.3. The topological polar surface area (TPSA) is 286 Å². The number of anilines is 2. The van der Waals surface area contributed by atoms with Crippen molar-refractivity contribution >= 4 is 45.9 Å². The van der Waals surface area contributed by atoms with E-state index in [4.69, 9.17) is 0 Å². The van der Waals surface area contributed by atoms with E-state index in [-0.39, 0.29) is 69.1 Å². The first-order chi connectivity index (χ1) is 23.8. The summed E-state index contributed by atoms with van der Waals surface area (Å²) in [6.07, 6.45) is 0. The molecular weight excluding hydrogens is 738 g/mol. The van der Waals surface area contributed by atoms with E-state index in [1.807, 2.05) is 0 Å². The number of amides is 2. The van der Waals surface area contributed by atoms with Crippen LogP contribution in [0.3, 0.4) is 0 Å². The number of carbonyl (C=O) groups is 2. The summed E-state index contributed by atoms with van der Waals surface area (Å²) in [5.74, 6) is -4.20. The Bertz CT molecular complexity index is 1880. The van der Waals surface area contributed by atoms with Gasteiger partial charge in [-0.25, -0.2) is 0 Å². The van der Waals surface area contributed by atoms with Crippen LogP contribution in [0, 0.1) is 20.2 Å². The molecule has 0 fully saturated rings. The van der Waals surface area contributed by atoms with Gasteiger partial charge in [-0.05, 0) is 24.3 Å². The average Bonchev–Trinajstić information content (AvgIpc) is 3.07. The van der Waals surface area contributed by atoms with Crippen LogP contribution in [0.25, 0.3) is 0 Å². The van der Waals surface area contributed by atoms with Gasteiger partial charge in [0.05, 0.1) is 21.2 Å². The predicted octanol–water partition coefficient (Wildman–Crippen LogP) is 0.967. The van der Waals surface area contributed by atoms with Gasteiger partial charge >= 0.3 is 46.3 Å². The maximum Gasteiger partial charge on any atom is 3.00 e. The van der Waals surface area contributed by atoms with Crippen LogP contribution in [-0.4, -0.2) is 21.7 Å². The van der Waals surface area contributed by atoms with Gasteiger partial charge in [-0.3, -0.25) is 29.8 Å². The fourth-order valence-electron chi connectivity index (χ4n) is 3.58. The number of carbonyl (C=O) groups excluding carboxylic acids is 2. The SMILES string of the molecule is C/C([O-])=C(/N=Nc1cc([N+](=O)[O-])ccc1[O-])C(=O)Nc1ccccc1.C/C([O-])=C(\N=Nc1cc([N+](=O)[O-])ccc1[O-])C(=O)Nc1ccccc1.[Co+3].[Na+]. The first kappa shape index (κ1) is 44.0. The molecule has 0 heterocycles. The molecule has 0 bridgehead atoms. The number of rotatable bonds is 10. The van der Waals surface area contributed by atoms with Gasteiger partial charge in [0, 0.05) is 35.6 Å². The van der Waals surface area contributed by atoms with Crippen molar-refractivity contribution in [2.75, 3.05) is 10.6 Å². The standard InChI is InChI=1S/2C16H14N4O5.Co.Na/c2*1-10(21)15(16(23)17-11-5-3-2-4-6-11)19-18-13-9-12(20(24)25)7-8-14(13)22;;/h2*2-9,21-22H,1H3,(H,17,23);;/q;;+3;+1/p-4/b15-10+,19-18?;15-10-,19-18?;;. The summed E-state index contributed by atoms with van der Waals surface area (Å²) in [5, 5.41) is 87.0. The van der Waals surface area contributed by atoms with E-state index in [1.54, 1.807) is 60.7 Å². The minimum Gasteiger partial charge on any atom is -0.874 e. The van der Waals surface area contributed by atoms with E-state index < -0.39 is 56.1 Å². The van der Waals surface area contributed by atoms with E-state index >= 15 is 0 Å². The van der Waals surface area contributed by atoms with Crippen LogP contribution in [-0.2, 0) is 26.4 Å². The third-order valence-electron chi connectivity index (χ3n) is 5.98. The van der Waals surface area contributed by atoms with E-state index in [9.17, 15) is 50.2 Å². The maximum atomic E-state index is 12.1. The number of hydrogen-bond acceptors (Lipinski definition) is 14. The van der Waals surface area contributed by atoms with E-state index in [2.05, 4.69) is 31.1 Å². The van der Waals surface area contributed by atoms with Gasteiger partial charge in [0.2, 0.25) is 0 Å². The summed E-state index contributed by atoms with van der Waals surface area (Å²) in [6.45, 7) is 2.23. The van der Waals surface area contributed by atoms with E-state index in [0.717, 1.165) is 50.2 Å². The molecule has 0 saturated heterocycles. The molecule has 2 amide bonds. The van der Waals surface area contributed by atoms with Gasteiger partial charge < -0.3 is 31.1 Å². The molecule has 0 aliphatic rings. The second-order valence-corrected chi connectivity index (χ2v) is 9.67. The van der Waals surface area contributed by atoms with Crippen molar-refractivity contribution in [1.29, 1.82) is 0 Å². The number of azo groups is 2. The molecule has 0 unspecified atom stereocenters. The molecule has 4 rings (SSSR count). The molecule has 0 aliphatic heterocycles. The Morgan fingerprint density at radius 1 is 0.596 bits per heavy atom. The largest absolute Gasteiger partial charge is 3.00 e. The van der Waals surface area contributed by atoms with Gasteiger partial charge in [0.1, 0.15) is 11.4 Å². The second kappa shape index (κ2) is 21.3. The Hall–Kier alpha value is -5.99. The minimum absolute atomic E-state index is 0. The zero-order chi connectivity index (χ0) is 36.8. The molecule has 52 heavy (non-hydrogen) atoms. The summed E-state index contributed by atoms with van der Waals surface area (Å²) in [5.41, 5.74) is -1.58. The van der Waals surface area contributed by atoms with Crippen LogP contribution >= 0.6 is 0 Å². The molecular formula is C32H24CoN8NaO10. The third-order valence-corrected chi connectivity index (χ3v) is 5.98. The number of nitro groups is 2. The third kappa shape index (κ3) is 13.4. The van der Waals surface area contributed by atoms with Crippen molar-refractivity contribution in [3.63, 3.8) is 0 Å². The van der Waals surface area contributed by atoms with Gasteiger partial charge in [-0.2, -0.15) is 10.2 Å². The van der Waals surface area contributed by atoms with Crippen molar-refractivity contribution in [3.05, 3.63) is 140 Å². The Morgan fingerprint density at radius 2 is 0.923 bits per heavy atom. The molecule has 20 heteroatoms. The van der Waals surface area contributed by atoms with Crippen molar-refractivity contribution in [1.82, 2.24) is 0 Å². The van der Waals surface area contributed by atoms with Gasteiger partial charge in [-0.15, -0.1) is 21.7 Å². The Morgan fingerprint density at radius 3 is 1.21 bits per heavy atom. The Balaban J connectivity index is 0.000000501. The van der Waals surface area contributed by atoms with Crippen molar-refractivity contribution in [2.45, 2.75) is 13.8 Å². The number of nitro benzene ring substituents is 2. The van der Waals surface area contributed by atoms with E-state index in [1.165, 1.54) is 0 Å². The fourth-order valence-corrected chi connectivity index (χ4v) is 3.58. The molecule has 18 nitrogen and oxygen atoms in total. The molecule has 0 saturated carbocycles. The molecule has 0 atom stereocenters. The molecule has 4 aromatic rings. The number of non-ortho nitro benzene ring substituents is 2. The summed E-state index contributed by atoms with van der Waals surface area (Å²) >= 11 is 0. The number of para-hydroxylation sites is 2. The Kier molecular flexibility index (Phi) is 18.0. The summed E-state index contributed by atoms with van der Waals surface area (Å²) in [7, 11) is 0. The molecule has 262 valence electrons. The molecule has 2 N–H and O–H groups in total. The molecule has 0 spiro atoms. The van der Waals surface area contributed by atoms with Gasteiger partial charge in [-0.1, -0.05) is 73.9 Å². The smallest absolute Gasteiger partial charge is 0.874 e. The molecule has 0 aliphatic carbocycles. The van der Waals surface area contributed by atoms with Crippen molar-refractivity contribution in [2.24, 2.45) is 20.5 Å². The first-order valence-electron chi connectivity index (χ1n) is 14.0. The number of benzene rings is 4. The van der Waals surface area contributed by atoms with Crippen molar-refractivity contribution < 1.29 is 86.2 Å². The molecule has 0 radical (unpaired) electrons. The zero-order valence-corrected chi connectivity index (χ0v) is 30.4. The quantitative estimate of drug-likeness (QED) is 0.0576. The summed E-state index contributed by atoms with van der Waals surface area (Å²) in [4.78, 5) is 44.3. The Labute approximate surface area is 327 Å². The number of nitrogens with zero attached hydrogens (tertiary/aromatic N) is 6. The van der Waals surface area contributed by atoms with Crippen LogP contribution < -0.4 is 60.6 Å². The van der Waals surface area contributed by atoms with Crippen LogP contribution in [0.4, 0.5) is 34.1 Å². The fraction of sp³-hybridized carbons (Fsp3) is 0.0625. The van der Waals surface area contributed by atoms with Crippen LogP contribution in [0.15, 0.2) is 140 Å². The normalized spacial score (nSPS) is 11.4. The molecule has 4 aromatic carbocycles. The van der Waals surface area contributed by atoms with E-state index in [0.29, 0.717) is 11.4 Å². The minimum atomic E-state index is -0.805. The van der Waals surface area contributed by atoms with Crippen LogP contribution in [0.5, 0.6) is 11.5 Å². The first-order valence-corrected chi connectivity index (χ1v) is 14.0. The van der Waals surface area contributed by atoms with Crippen LogP contribution in [0.2, 0.25) is 0 Å². The van der Waals surface area contributed by atoms with Crippen molar-refractivity contribution in [3.8, 4) is 11.5 Å². The average molecular weight is 763 g/mol. The number of allylic oxidation sites excluding steroid dienone is 2. The van der Waals surface area contributed by atoms with Gasteiger partial charge in [0.25, 0.3) is 23.2 Å². The predicted molar refractivity (Wildman–Crippen MR) is 170 cm³/mol. The number of nitrogens with one attached hydrogen (secondary N) is 2. The van der Waals surface area contributed by atoms with Gasteiger partial charge in [0.15, 0.2) is 0 Å². The number of hydrogen-bond donors (Lipinski definition) is 2.